The summed E-state index contributed by atoms with van der Waals surface area (Å²) in [6.45, 7) is 1.14. The maximum atomic E-state index is 5.59. The van der Waals surface area contributed by atoms with Crippen molar-refractivity contribution in [1.82, 2.24) is 5.09 Å². The molecule has 0 aromatic heterocycles. The molecule has 0 spiro atoms. The zero-order chi connectivity index (χ0) is 5.11. The summed E-state index contributed by atoms with van der Waals surface area (Å²) in [6.07, 6.45) is 9.45. The van der Waals surface area contributed by atoms with Crippen molar-refractivity contribution in [2.75, 3.05) is 12.7 Å². The van der Waals surface area contributed by atoms with Gasteiger partial charge in [0.25, 0.3) is 0 Å². The Labute approximate surface area is 45.2 Å². The van der Waals surface area contributed by atoms with Gasteiger partial charge in [0.1, 0.15) is 0 Å². The van der Waals surface area contributed by atoms with Crippen LogP contribution in [0.4, 0.5) is 0 Å². The van der Waals surface area contributed by atoms with Gasteiger partial charge in [0, 0.05) is 12.7 Å². The van der Waals surface area contributed by atoms with Gasteiger partial charge in [-0.1, -0.05) is 0 Å². The molecule has 1 heterocycles. The summed E-state index contributed by atoms with van der Waals surface area (Å²) in [7, 11) is -0.242. The van der Waals surface area contributed by atoms with E-state index in [2.05, 4.69) is 5.09 Å². The molecule has 1 atom stereocenters. The molecule has 0 amide bonds. The van der Waals surface area contributed by atoms with Crippen molar-refractivity contribution in [3.63, 3.8) is 0 Å². The lowest BCUT2D eigenvalue weighted by Crippen LogP contribution is -2.11. The van der Waals surface area contributed by atoms with Crippen LogP contribution < -0.4 is 5.09 Å². The Bertz CT molecular complexity index is 101. The third-order valence-electron chi connectivity index (χ3n) is 1.14. The smallest absolute Gasteiger partial charge is 0.00351 e. The minimum atomic E-state index is -0.242. The Morgan fingerprint density at radius 2 is 2.29 bits per heavy atom. The molecule has 0 bridgehead atoms. The number of nitrogens with one attached hydrogen (secondary N) is 1. The van der Waals surface area contributed by atoms with Gasteiger partial charge in [-0.05, 0) is 20.4 Å². The predicted octanol–water partition coefficient (Wildman–Crippen LogP) is 1.36. The Balaban J connectivity index is 2.30. The SMILES string of the molecule is C#P1CCCCN1. The van der Waals surface area contributed by atoms with E-state index in [9.17, 15) is 0 Å². The fraction of sp³-hybridized carbons (Fsp3) is 0.800. The zero-order valence-electron chi connectivity index (χ0n) is 4.35. The van der Waals surface area contributed by atoms with E-state index in [4.69, 9.17) is 6.13 Å². The normalized spacial score (nSPS) is 27.6. The zero-order valence-corrected chi connectivity index (χ0v) is 5.25. The second-order valence-corrected chi connectivity index (χ2v) is 3.51. The molecule has 1 rings (SSSR count). The molecule has 0 aromatic rings. The van der Waals surface area contributed by atoms with E-state index < -0.39 is 0 Å². The van der Waals surface area contributed by atoms with E-state index >= 15 is 0 Å². The predicted molar refractivity (Wildman–Crippen MR) is 34.0 cm³/mol. The van der Waals surface area contributed by atoms with Crippen molar-refractivity contribution < 1.29 is 0 Å². The summed E-state index contributed by atoms with van der Waals surface area (Å²) in [5.41, 5.74) is 0. The molecule has 2 heteroatoms. The Hall–Kier alpha value is 0.0400. The molecule has 1 saturated heterocycles. The number of hydrogen-bond acceptors (Lipinski definition) is 1. The van der Waals surface area contributed by atoms with E-state index in [1.807, 2.05) is 0 Å². The molecule has 1 fully saturated rings. The third kappa shape index (κ3) is 1.53. The van der Waals surface area contributed by atoms with Crippen LogP contribution in [0.2, 0.25) is 0 Å². The molecule has 0 radical (unpaired) electrons. The van der Waals surface area contributed by atoms with E-state index in [0.717, 1.165) is 6.54 Å². The summed E-state index contributed by atoms with van der Waals surface area (Å²) in [5.74, 6) is 0. The van der Waals surface area contributed by atoms with Crippen molar-refractivity contribution in [3.8, 4) is 6.13 Å². The van der Waals surface area contributed by atoms with Gasteiger partial charge in [-0.15, -0.1) is 6.13 Å². The second-order valence-electron chi connectivity index (χ2n) is 1.81. The summed E-state index contributed by atoms with van der Waals surface area (Å²) >= 11 is 0. The van der Waals surface area contributed by atoms with Gasteiger partial charge in [-0.3, -0.25) is 5.09 Å². The standard InChI is InChI=1S/C5H10NP/c1-7-5-3-2-4-6-7/h1,6H,2-5H2. The lowest BCUT2D eigenvalue weighted by molar-refractivity contribution is 0.745. The van der Waals surface area contributed by atoms with Crippen molar-refractivity contribution in [1.29, 1.82) is 0 Å². The van der Waals surface area contributed by atoms with Gasteiger partial charge in [-0.2, -0.15) is 0 Å². The highest BCUT2D eigenvalue weighted by Gasteiger charge is 1.97. The van der Waals surface area contributed by atoms with E-state index in [0.29, 0.717) is 0 Å². The first-order valence-electron chi connectivity index (χ1n) is 2.65. The molecule has 1 aliphatic rings. The molecule has 7 heavy (non-hydrogen) atoms. The van der Waals surface area contributed by atoms with Gasteiger partial charge in [0.15, 0.2) is 0 Å². The van der Waals surface area contributed by atoms with Gasteiger partial charge < -0.3 is 0 Å². The van der Waals surface area contributed by atoms with E-state index in [1.165, 1.54) is 19.0 Å². The average molecular weight is 115 g/mol. The summed E-state index contributed by atoms with van der Waals surface area (Å²) in [6, 6.07) is 0. The lowest BCUT2D eigenvalue weighted by atomic mass is 10.3. The Kier molecular flexibility index (Phi) is 1.76. The number of rotatable bonds is 0. The molecule has 40 valence electrons. The first-order chi connectivity index (χ1) is 3.39. The van der Waals surface area contributed by atoms with Gasteiger partial charge in [-0.25, -0.2) is 0 Å². The topological polar surface area (TPSA) is 12.0 Å². The molecule has 1 N–H and O–H groups in total. The molecule has 0 aliphatic carbocycles. The summed E-state index contributed by atoms with van der Waals surface area (Å²) < 4.78 is 0. The average Bonchev–Trinajstić information content (AvgIpc) is 1.69. The minimum Gasteiger partial charge on any atom is -0.273 e. The van der Waals surface area contributed by atoms with Crippen LogP contribution >= 0.6 is 7.53 Å². The maximum absolute atomic E-state index is 5.59. The van der Waals surface area contributed by atoms with Crippen molar-refractivity contribution >= 4 is 7.53 Å². The van der Waals surface area contributed by atoms with Crippen LogP contribution in [0, 0.1) is 6.13 Å². The quantitative estimate of drug-likeness (QED) is 0.470. The van der Waals surface area contributed by atoms with Crippen LogP contribution in [0.15, 0.2) is 0 Å². The molecule has 1 unspecified atom stereocenters. The minimum absolute atomic E-state index is 0.242. The Morgan fingerprint density at radius 1 is 1.43 bits per heavy atom. The fourth-order valence-electron chi connectivity index (χ4n) is 0.709. The van der Waals surface area contributed by atoms with Gasteiger partial charge in [0.05, 0.1) is 0 Å². The largest absolute Gasteiger partial charge is 0.273 e. The van der Waals surface area contributed by atoms with Gasteiger partial charge >= 0.3 is 0 Å². The van der Waals surface area contributed by atoms with E-state index in [1.54, 1.807) is 0 Å². The van der Waals surface area contributed by atoms with Crippen LogP contribution in [-0.4, -0.2) is 12.7 Å². The second kappa shape index (κ2) is 2.37. The maximum Gasteiger partial charge on any atom is 0.00351 e. The summed E-state index contributed by atoms with van der Waals surface area (Å²) in [4.78, 5) is 0. The molecule has 0 saturated carbocycles. The molecule has 1 aliphatic heterocycles. The van der Waals surface area contributed by atoms with Crippen molar-refractivity contribution in [3.05, 3.63) is 0 Å². The first kappa shape index (κ1) is 5.18. The van der Waals surface area contributed by atoms with Crippen molar-refractivity contribution in [2.45, 2.75) is 12.8 Å². The Morgan fingerprint density at radius 3 is 2.57 bits per heavy atom. The highest BCUT2D eigenvalue weighted by Crippen LogP contribution is 2.17. The molecule has 1 nitrogen and oxygen atoms in total. The lowest BCUT2D eigenvalue weighted by Gasteiger charge is -2.10. The molecular weight excluding hydrogens is 105 g/mol. The fourth-order valence-corrected chi connectivity index (χ4v) is 1.88. The summed E-state index contributed by atoms with van der Waals surface area (Å²) in [5, 5.41) is 3.22. The van der Waals surface area contributed by atoms with Crippen LogP contribution in [0.3, 0.4) is 0 Å². The van der Waals surface area contributed by atoms with Crippen molar-refractivity contribution in [2.24, 2.45) is 0 Å². The highest BCUT2D eigenvalue weighted by atomic mass is 31.1. The number of hydrogen-bond donors (Lipinski definition) is 1. The molecule has 0 aromatic carbocycles. The third-order valence-corrected chi connectivity index (χ3v) is 2.57. The van der Waals surface area contributed by atoms with Crippen LogP contribution in [-0.2, 0) is 0 Å². The van der Waals surface area contributed by atoms with Crippen LogP contribution in [0.1, 0.15) is 12.8 Å². The van der Waals surface area contributed by atoms with Gasteiger partial charge in [0.2, 0.25) is 0 Å². The van der Waals surface area contributed by atoms with Crippen LogP contribution in [0.25, 0.3) is 0 Å². The first-order valence-corrected chi connectivity index (χ1v) is 4.25. The van der Waals surface area contributed by atoms with E-state index in [-0.39, 0.29) is 7.53 Å². The van der Waals surface area contributed by atoms with Crippen LogP contribution in [0.5, 0.6) is 0 Å². The highest BCUT2D eigenvalue weighted by molar-refractivity contribution is 7.44. The monoisotopic (exact) mass is 115 g/mol. The molecular formula is C5H10NP.